The zero-order chi connectivity index (χ0) is 22.1. The Morgan fingerprint density at radius 2 is 1.93 bits per heavy atom. The second kappa shape index (κ2) is 8.39. The third-order valence-corrected chi connectivity index (χ3v) is 4.83. The van der Waals surface area contributed by atoms with Crippen LogP contribution in [0, 0.1) is 6.92 Å². The average Bonchev–Trinajstić information content (AvgIpc) is 2.69. The SMILES string of the molecule is COC(=O)Cc1c(C)c2cc(Cl)c(OCc3cccc(C(F)(F)F)c3)cc2oc1=O. The Labute approximate surface area is 174 Å². The van der Waals surface area contributed by atoms with Crippen LogP contribution in [-0.2, 0) is 28.7 Å². The number of rotatable bonds is 5. The molecule has 0 saturated carbocycles. The largest absolute Gasteiger partial charge is 0.487 e. The van der Waals surface area contributed by atoms with Crippen LogP contribution >= 0.6 is 11.6 Å². The van der Waals surface area contributed by atoms with E-state index >= 15 is 0 Å². The van der Waals surface area contributed by atoms with Crippen molar-refractivity contribution in [2.45, 2.75) is 26.1 Å². The lowest BCUT2D eigenvalue weighted by molar-refractivity contribution is -0.140. The number of carbonyl (C=O) groups is 1. The lowest BCUT2D eigenvalue weighted by atomic mass is 10.0. The highest BCUT2D eigenvalue weighted by atomic mass is 35.5. The van der Waals surface area contributed by atoms with Gasteiger partial charge in [-0.3, -0.25) is 4.79 Å². The van der Waals surface area contributed by atoms with Crippen molar-refractivity contribution in [1.82, 2.24) is 0 Å². The molecule has 1 aromatic heterocycles. The molecule has 0 radical (unpaired) electrons. The van der Waals surface area contributed by atoms with Gasteiger partial charge in [-0.1, -0.05) is 23.7 Å². The summed E-state index contributed by atoms with van der Waals surface area (Å²) in [6.45, 7) is 1.48. The van der Waals surface area contributed by atoms with Gasteiger partial charge in [-0.25, -0.2) is 4.79 Å². The van der Waals surface area contributed by atoms with Gasteiger partial charge >= 0.3 is 17.8 Å². The Balaban J connectivity index is 1.91. The Morgan fingerprint density at radius 3 is 2.60 bits per heavy atom. The zero-order valence-electron chi connectivity index (χ0n) is 15.9. The molecule has 0 aliphatic carbocycles. The van der Waals surface area contributed by atoms with Crippen LogP contribution < -0.4 is 10.4 Å². The number of benzene rings is 2. The first-order chi connectivity index (χ1) is 14.1. The molecule has 1 heterocycles. The highest BCUT2D eigenvalue weighted by Gasteiger charge is 2.30. The van der Waals surface area contributed by atoms with Gasteiger partial charge in [0.2, 0.25) is 0 Å². The molecule has 0 amide bonds. The van der Waals surface area contributed by atoms with E-state index in [0.717, 1.165) is 12.1 Å². The van der Waals surface area contributed by atoms with Gasteiger partial charge < -0.3 is 13.9 Å². The molecule has 0 fully saturated rings. The maximum atomic E-state index is 12.8. The van der Waals surface area contributed by atoms with E-state index < -0.39 is 23.3 Å². The second-order valence-corrected chi connectivity index (χ2v) is 6.92. The fraction of sp³-hybridized carbons (Fsp3) is 0.238. The van der Waals surface area contributed by atoms with Gasteiger partial charge in [0.15, 0.2) is 0 Å². The minimum Gasteiger partial charge on any atom is -0.487 e. The number of esters is 1. The fourth-order valence-corrected chi connectivity index (χ4v) is 3.14. The first-order valence-electron chi connectivity index (χ1n) is 8.71. The van der Waals surface area contributed by atoms with Crippen LogP contribution in [0.4, 0.5) is 13.2 Å². The minimum atomic E-state index is -4.46. The van der Waals surface area contributed by atoms with Crippen molar-refractivity contribution in [3.8, 4) is 5.75 Å². The van der Waals surface area contributed by atoms with Crippen LogP contribution in [0.25, 0.3) is 11.0 Å². The van der Waals surface area contributed by atoms with Crippen molar-refractivity contribution < 1.29 is 31.9 Å². The van der Waals surface area contributed by atoms with Crippen LogP contribution in [-0.4, -0.2) is 13.1 Å². The van der Waals surface area contributed by atoms with E-state index in [9.17, 15) is 22.8 Å². The molecule has 0 unspecified atom stereocenters. The summed E-state index contributed by atoms with van der Waals surface area (Å²) in [4.78, 5) is 23.8. The number of hydrogen-bond acceptors (Lipinski definition) is 5. The lowest BCUT2D eigenvalue weighted by Crippen LogP contribution is -2.16. The van der Waals surface area contributed by atoms with Gasteiger partial charge in [-0.2, -0.15) is 13.2 Å². The van der Waals surface area contributed by atoms with Gasteiger partial charge in [-0.05, 0) is 36.2 Å². The van der Waals surface area contributed by atoms with Crippen LogP contribution in [0.3, 0.4) is 0 Å². The maximum Gasteiger partial charge on any atom is 0.416 e. The molecule has 0 atom stereocenters. The lowest BCUT2D eigenvalue weighted by Gasteiger charge is -2.13. The molecule has 5 nitrogen and oxygen atoms in total. The molecule has 0 spiro atoms. The topological polar surface area (TPSA) is 65.7 Å². The van der Waals surface area contributed by atoms with E-state index in [4.69, 9.17) is 20.8 Å². The Kier molecular flexibility index (Phi) is 6.07. The number of fused-ring (bicyclic) bond motifs is 1. The molecule has 0 bridgehead atoms. The monoisotopic (exact) mass is 440 g/mol. The molecular weight excluding hydrogens is 425 g/mol. The minimum absolute atomic E-state index is 0.143. The van der Waals surface area contributed by atoms with Crippen molar-refractivity contribution >= 4 is 28.5 Å². The molecule has 30 heavy (non-hydrogen) atoms. The summed E-state index contributed by atoms with van der Waals surface area (Å²) in [5, 5.41) is 0.681. The van der Waals surface area contributed by atoms with Gasteiger partial charge in [0.05, 0.1) is 29.7 Å². The van der Waals surface area contributed by atoms with Gasteiger partial charge in [0.25, 0.3) is 0 Å². The third kappa shape index (κ3) is 4.59. The summed E-state index contributed by atoms with van der Waals surface area (Å²) >= 11 is 6.25. The zero-order valence-corrected chi connectivity index (χ0v) is 16.7. The van der Waals surface area contributed by atoms with E-state index in [1.54, 1.807) is 6.92 Å². The quantitative estimate of drug-likeness (QED) is 0.409. The smallest absolute Gasteiger partial charge is 0.416 e. The van der Waals surface area contributed by atoms with Crippen LogP contribution in [0.1, 0.15) is 22.3 Å². The third-order valence-electron chi connectivity index (χ3n) is 4.54. The summed E-state index contributed by atoms with van der Waals surface area (Å²) in [6.07, 6.45) is -4.70. The number of alkyl halides is 3. The Bertz CT molecular complexity index is 1170. The highest BCUT2D eigenvalue weighted by molar-refractivity contribution is 6.32. The van der Waals surface area contributed by atoms with E-state index in [-0.39, 0.29) is 34.9 Å². The summed E-state index contributed by atoms with van der Waals surface area (Å²) < 4.78 is 54.0. The number of aryl methyl sites for hydroxylation is 1. The molecule has 0 aliphatic heterocycles. The van der Waals surface area contributed by atoms with Gasteiger partial charge in [-0.15, -0.1) is 0 Å². The maximum absolute atomic E-state index is 12.8. The number of hydrogen-bond donors (Lipinski definition) is 0. The standard InChI is InChI=1S/C21H16ClF3O5/c1-11-14-7-16(22)18(9-17(14)30-20(27)15(11)8-19(26)28-2)29-10-12-4-3-5-13(6-12)21(23,24)25/h3-7,9H,8,10H2,1-2H3. The molecule has 9 heteroatoms. The van der Waals surface area contributed by atoms with E-state index in [2.05, 4.69) is 4.74 Å². The molecule has 3 rings (SSSR count). The number of ether oxygens (including phenoxy) is 2. The predicted octanol–water partition coefficient (Wildman–Crippen LogP) is 5.07. The van der Waals surface area contributed by atoms with E-state index in [1.807, 2.05) is 0 Å². The molecule has 0 saturated heterocycles. The number of halogens is 4. The summed E-state index contributed by atoms with van der Waals surface area (Å²) in [5.41, 5.74) is -0.341. The van der Waals surface area contributed by atoms with Crippen molar-refractivity contribution in [3.63, 3.8) is 0 Å². The average molecular weight is 441 g/mol. The molecule has 158 valence electrons. The van der Waals surface area contributed by atoms with Crippen molar-refractivity contribution in [3.05, 3.63) is 74.1 Å². The van der Waals surface area contributed by atoms with Crippen LogP contribution in [0.2, 0.25) is 5.02 Å². The Morgan fingerprint density at radius 1 is 1.20 bits per heavy atom. The van der Waals surface area contributed by atoms with E-state index in [1.165, 1.54) is 31.4 Å². The summed E-state index contributed by atoms with van der Waals surface area (Å²) in [6, 6.07) is 7.63. The first-order valence-corrected chi connectivity index (χ1v) is 9.09. The van der Waals surface area contributed by atoms with E-state index in [0.29, 0.717) is 16.5 Å². The van der Waals surface area contributed by atoms with Crippen molar-refractivity contribution in [2.75, 3.05) is 7.11 Å². The molecule has 3 aromatic rings. The van der Waals surface area contributed by atoms with Gasteiger partial charge in [0, 0.05) is 11.5 Å². The number of methoxy groups -OCH3 is 1. The first kappa shape index (κ1) is 21.7. The predicted molar refractivity (Wildman–Crippen MR) is 104 cm³/mol. The molecule has 0 aliphatic rings. The van der Waals surface area contributed by atoms with Crippen LogP contribution in [0.15, 0.2) is 45.6 Å². The van der Waals surface area contributed by atoms with Gasteiger partial charge in [0.1, 0.15) is 17.9 Å². The highest BCUT2D eigenvalue weighted by Crippen LogP contribution is 2.33. The second-order valence-electron chi connectivity index (χ2n) is 6.51. The molecule has 2 aromatic carbocycles. The molecule has 0 N–H and O–H groups in total. The molecular formula is C21H16ClF3O5. The van der Waals surface area contributed by atoms with Crippen molar-refractivity contribution in [2.24, 2.45) is 0 Å². The van der Waals surface area contributed by atoms with Crippen molar-refractivity contribution in [1.29, 1.82) is 0 Å². The normalized spacial score (nSPS) is 11.5. The summed E-state index contributed by atoms with van der Waals surface area (Å²) in [5.74, 6) is -0.443. The summed E-state index contributed by atoms with van der Waals surface area (Å²) in [7, 11) is 1.21. The Hall–Kier alpha value is -3.00. The number of carbonyl (C=O) groups excluding carboxylic acids is 1. The van der Waals surface area contributed by atoms with Crippen LogP contribution in [0.5, 0.6) is 5.75 Å². The fourth-order valence-electron chi connectivity index (χ4n) is 2.92.